The maximum Gasteiger partial charge on any atom is 0.307 e. The second-order valence-corrected chi connectivity index (χ2v) is 8.03. The van der Waals surface area contributed by atoms with E-state index < -0.39 is 34.3 Å². The summed E-state index contributed by atoms with van der Waals surface area (Å²) in [6.07, 6.45) is -0.239. The van der Waals surface area contributed by atoms with Crippen LogP contribution in [-0.2, 0) is 33.8 Å². The summed E-state index contributed by atoms with van der Waals surface area (Å²) in [6, 6.07) is 6.28. The number of benzene rings is 1. The van der Waals surface area contributed by atoms with E-state index in [4.69, 9.17) is 14.2 Å². The predicted molar refractivity (Wildman–Crippen MR) is 95.8 cm³/mol. The van der Waals surface area contributed by atoms with Gasteiger partial charge in [0.1, 0.15) is 18.5 Å². The number of nitrogens with one attached hydrogen (secondary N) is 1. The fourth-order valence-corrected chi connectivity index (χ4v) is 3.56. The molecule has 1 N–H and O–H groups in total. The molecule has 1 heterocycles. The molecule has 1 aromatic rings. The summed E-state index contributed by atoms with van der Waals surface area (Å²) in [5, 5.41) is 0. The highest BCUT2D eigenvalue weighted by Crippen LogP contribution is 2.25. The average molecular weight is 397 g/mol. The molecule has 0 aromatic heterocycles. The Morgan fingerprint density at radius 1 is 1.15 bits per heavy atom. The molecule has 3 atom stereocenters. The molecule has 1 aromatic carbocycles. The van der Waals surface area contributed by atoms with Crippen LogP contribution in [0, 0.1) is 12.8 Å². The molecule has 0 unspecified atom stereocenters. The minimum Gasteiger partial charge on any atom is -0.463 e. The highest BCUT2D eigenvalue weighted by molar-refractivity contribution is 7.89. The molecule has 0 fully saturated rings. The Labute approximate surface area is 158 Å². The van der Waals surface area contributed by atoms with E-state index in [1.807, 2.05) is 6.92 Å². The third kappa shape index (κ3) is 5.88. The smallest absolute Gasteiger partial charge is 0.307 e. The van der Waals surface area contributed by atoms with E-state index in [0.717, 1.165) is 5.56 Å². The van der Waals surface area contributed by atoms with Crippen LogP contribution in [0.5, 0.6) is 0 Å². The summed E-state index contributed by atoms with van der Waals surface area (Å²) >= 11 is 0. The molecule has 9 heteroatoms. The lowest BCUT2D eigenvalue weighted by Gasteiger charge is -2.33. The van der Waals surface area contributed by atoms with Crippen molar-refractivity contribution in [3.63, 3.8) is 0 Å². The van der Waals surface area contributed by atoms with Crippen molar-refractivity contribution in [3.8, 4) is 0 Å². The lowest BCUT2D eigenvalue weighted by atomic mass is 10.0. The highest BCUT2D eigenvalue weighted by Gasteiger charge is 2.35. The SMILES string of the molecule is CC(=O)OC[C@H]1O[C@H](NS(=O)(=O)c2ccc(C)cc2)C(OC(C)=O)=C[C@@H]1C. The summed E-state index contributed by atoms with van der Waals surface area (Å²) < 4.78 is 43.5. The van der Waals surface area contributed by atoms with Gasteiger partial charge in [0.2, 0.25) is 10.0 Å². The quantitative estimate of drug-likeness (QED) is 0.727. The molecule has 1 aliphatic heterocycles. The molecule has 0 saturated carbocycles. The molecule has 0 saturated heterocycles. The predicted octanol–water partition coefficient (Wildman–Crippen LogP) is 1.64. The van der Waals surface area contributed by atoms with Crippen LogP contribution in [0.1, 0.15) is 26.3 Å². The molecule has 2 rings (SSSR count). The first-order valence-electron chi connectivity index (χ1n) is 8.36. The van der Waals surface area contributed by atoms with E-state index in [2.05, 4.69) is 4.72 Å². The van der Waals surface area contributed by atoms with Gasteiger partial charge in [-0.05, 0) is 25.1 Å². The van der Waals surface area contributed by atoms with Gasteiger partial charge < -0.3 is 14.2 Å². The van der Waals surface area contributed by atoms with E-state index in [0.29, 0.717) is 0 Å². The minimum absolute atomic E-state index is 0.0461. The van der Waals surface area contributed by atoms with Crippen LogP contribution >= 0.6 is 0 Å². The van der Waals surface area contributed by atoms with Crippen LogP contribution in [0.3, 0.4) is 0 Å². The van der Waals surface area contributed by atoms with E-state index in [-0.39, 0.29) is 23.2 Å². The Balaban J connectivity index is 2.26. The van der Waals surface area contributed by atoms with Gasteiger partial charge in [-0.15, -0.1) is 0 Å². The van der Waals surface area contributed by atoms with Crippen LogP contribution < -0.4 is 4.72 Å². The molecule has 0 aliphatic carbocycles. The molecular weight excluding hydrogens is 374 g/mol. The van der Waals surface area contributed by atoms with E-state index in [9.17, 15) is 18.0 Å². The van der Waals surface area contributed by atoms with Gasteiger partial charge in [-0.3, -0.25) is 9.59 Å². The van der Waals surface area contributed by atoms with Gasteiger partial charge in [0.25, 0.3) is 0 Å². The number of carbonyl (C=O) groups is 2. The first-order valence-corrected chi connectivity index (χ1v) is 9.85. The zero-order chi connectivity index (χ0) is 20.2. The Bertz CT molecular complexity index is 830. The van der Waals surface area contributed by atoms with Gasteiger partial charge in [-0.2, -0.15) is 4.72 Å². The van der Waals surface area contributed by atoms with E-state index >= 15 is 0 Å². The zero-order valence-corrected chi connectivity index (χ0v) is 16.4. The molecule has 1 aliphatic rings. The number of rotatable bonds is 6. The second kappa shape index (κ2) is 8.64. The molecule has 27 heavy (non-hydrogen) atoms. The molecule has 0 amide bonds. The Hall–Kier alpha value is -2.23. The maximum absolute atomic E-state index is 12.7. The second-order valence-electron chi connectivity index (χ2n) is 6.31. The van der Waals surface area contributed by atoms with Crippen molar-refractivity contribution >= 4 is 22.0 Å². The van der Waals surface area contributed by atoms with Crippen LogP contribution in [0.4, 0.5) is 0 Å². The fraction of sp³-hybridized carbons (Fsp3) is 0.444. The van der Waals surface area contributed by atoms with Crippen molar-refractivity contribution in [3.05, 3.63) is 41.7 Å². The van der Waals surface area contributed by atoms with Crippen molar-refractivity contribution in [1.29, 1.82) is 0 Å². The summed E-state index contributed by atoms with van der Waals surface area (Å²) in [6.45, 7) is 6.05. The lowest BCUT2D eigenvalue weighted by molar-refractivity contribution is -0.152. The average Bonchev–Trinajstić information content (AvgIpc) is 2.55. The van der Waals surface area contributed by atoms with Gasteiger partial charge in [-0.1, -0.05) is 24.6 Å². The number of hydrogen-bond acceptors (Lipinski definition) is 7. The number of ether oxygens (including phenoxy) is 3. The first kappa shape index (κ1) is 21.1. The third-order valence-electron chi connectivity index (χ3n) is 3.89. The Kier molecular flexibility index (Phi) is 6.74. The Morgan fingerprint density at radius 3 is 2.33 bits per heavy atom. The summed E-state index contributed by atoms with van der Waals surface area (Å²) in [5.74, 6) is -1.30. The van der Waals surface area contributed by atoms with Crippen LogP contribution in [0.25, 0.3) is 0 Å². The number of esters is 2. The summed E-state index contributed by atoms with van der Waals surface area (Å²) in [5.41, 5.74) is 0.915. The van der Waals surface area contributed by atoms with Crippen molar-refractivity contribution in [2.24, 2.45) is 5.92 Å². The van der Waals surface area contributed by atoms with Gasteiger partial charge >= 0.3 is 11.9 Å². The van der Waals surface area contributed by atoms with Crippen molar-refractivity contribution in [2.75, 3.05) is 6.61 Å². The largest absolute Gasteiger partial charge is 0.463 e. The lowest BCUT2D eigenvalue weighted by Crippen LogP contribution is -2.47. The molecule has 8 nitrogen and oxygen atoms in total. The first-order chi connectivity index (χ1) is 12.6. The van der Waals surface area contributed by atoms with E-state index in [1.165, 1.54) is 26.0 Å². The summed E-state index contributed by atoms with van der Waals surface area (Å²) in [7, 11) is -3.93. The van der Waals surface area contributed by atoms with Crippen LogP contribution in [0.2, 0.25) is 0 Å². The number of sulfonamides is 1. The van der Waals surface area contributed by atoms with Crippen LogP contribution in [0.15, 0.2) is 41.0 Å². The number of carbonyl (C=O) groups excluding carboxylic acids is 2. The van der Waals surface area contributed by atoms with Gasteiger partial charge in [-0.25, -0.2) is 8.42 Å². The molecule has 0 spiro atoms. The molecule has 0 bridgehead atoms. The van der Waals surface area contributed by atoms with Gasteiger partial charge in [0.05, 0.1) is 4.90 Å². The number of aryl methyl sites for hydroxylation is 1. The Morgan fingerprint density at radius 2 is 1.78 bits per heavy atom. The molecule has 148 valence electrons. The molecule has 0 radical (unpaired) electrons. The van der Waals surface area contributed by atoms with Crippen LogP contribution in [-0.4, -0.2) is 39.3 Å². The van der Waals surface area contributed by atoms with Crippen molar-refractivity contribution in [2.45, 2.75) is 44.9 Å². The highest BCUT2D eigenvalue weighted by atomic mass is 32.2. The zero-order valence-electron chi connectivity index (χ0n) is 15.6. The topological polar surface area (TPSA) is 108 Å². The normalized spacial score (nSPS) is 22.7. The van der Waals surface area contributed by atoms with Gasteiger partial charge in [0, 0.05) is 19.8 Å². The van der Waals surface area contributed by atoms with Crippen molar-refractivity contribution in [1.82, 2.24) is 4.72 Å². The fourth-order valence-electron chi connectivity index (χ4n) is 2.48. The maximum atomic E-state index is 12.7. The standard InChI is InChI=1S/C18H23NO7S/c1-11-5-7-15(8-6-11)27(22,23)19-18-16(25-14(4)21)9-12(2)17(26-18)10-24-13(3)20/h5-9,12,17-19H,10H2,1-4H3/t12-,17+,18-/m0/s1. The van der Waals surface area contributed by atoms with Crippen molar-refractivity contribution < 1.29 is 32.2 Å². The number of hydrogen-bond donors (Lipinski definition) is 1. The van der Waals surface area contributed by atoms with Gasteiger partial charge in [0.15, 0.2) is 6.23 Å². The van der Waals surface area contributed by atoms with E-state index in [1.54, 1.807) is 25.1 Å². The summed E-state index contributed by atoms with van der Waals surface area (Å²) in [4.78, 5) is 22.5. The third-order valence-corrected chi connectivity index (χ3v) is 5.31. The molecular formula is C18H23NO7S. The monoisotopic (exact) mass is 397 g/mol. The minimum atomic E-state index is -3.93.